The monoisotopic (exact) mass is 286 g/mol. The minimum Gasteiger partial charge on any atom is -0.295 e. The zero-order valence-electron chi connectivity index (χ0n) is 12.0. The van der Waals surface area contributed by atoms with Gasteiger partial charge >= 0.3 is 7.71 Å². The molecule has 4 heteroatoms. The first kappa shape index (κ1) is 14.6. The van der Waals surface area contributed by atoms with Crippen LogP contribution in [0.3, 0.4) is 0 Å². The van der Waals surface area contributed by atoms with Gasteiger partial charge in [-0.15, -0.1) is 11.1 Å². The zero-order chi connectivity index (χ0) is 13.2. The van der Waals surface area contributed by atoms with E-state index in [9.17, 15) is 0 Å². The summed E-state index contributed by atoms with van der Waals surface area (Å²) in [4.78, 5) is 0. The highest BCUT2D eigenvalue weighted by Gasteiger charge is 2.57. The molecule has 0 radical (unpaired) electrons. The lowest BCUT2D eigenvalue weighted by atomic mass is 9.90. The van der Waals surface area contributed by atoms with Gasteiger partial charge < -0.3 is 0 Å². The molecular formula is C14H27ClN2Si. The first-order chi connectivity index (χ1) is 8.69. The van der Waals surface area contributed by atoms with Crippen molar-refractivity contribution in [3.05, 3.63) is 12.2 Å². The predicted octanol–water partition coefficient (Wildman–Crippen LogP) is 3.71. The number of hydrogen-bond acceptors (Lipinski definition) is 2. The summed E-state index contributed by atoms with van der Waals surface area (Å²) in [6.07, 6.45) is 9.92. The largest absolute Gasteiger partial charge is 0.311 e. The molecule has 1 heterocycles. The standard InChI is InChI=1S/C14H27ClN2Si/c1-4-7-12-18(15)16(5-2)13-10-8-9-11-14(13)17(18)6-3/h4,7,13-14H,5-6,8-12H2,1-3H3/b7-4-/t13-,14-/m1/s1. The molecule has 2 atom stereocenters. The number of hydrogen-bond donors (Lipinski definition) is 0. The molecule has 0 N–H and O–H groups in total. The second-order valence-electron chi connectivity index (χ2n) is 5.48. The van der Waals surface area contributed by atoms with E-state index in [1.165, 1.54) is 25.7 Å². The highest BCUT2D eigenvalue weighted by atomic mass is 35.6. The van der Waals surface area contributed by atoms with E-state index in [-0.39, 0.29) is 0 Å². The lowest BCUT2D eigenvalue weighted by molar-refractivity contribution is 0.210. The SMILES string of the molecule is C/C=C\C[Si]1(Cl)N(CC)[C@@H]2CCCC[C@H]2N1CC. The van der Waals surface area contributed by atoms with Crippen molar-refractivity contribution in [2.24, 2.45) is 0 Å². The number of likely N-dealkylation sites (N-methyl/N-ethyl adjacent to an activating group) is 2. The minimum atomic E-state index is -1.94. The van der Waals surface area contributed by atoms with Crippen LogP contribution in [-0.2, 0) is 0 Å². The van der Waals surface area contributed by atoms with Crippen molar-refractivity contribution in [2.45, 2.75) is 64.6 Å². The van der Waals surface area contributed by atoms with E-state index in [0.29, 0.717) is 0 Å². The van der Waals surface area contributed by atoms with Gasteiger partial charge in [-0.05, 0) is 32.9 Å². The third kappa shape index (κ3) is 2.31. The molecule has 0 aromatic carbocycles. The number of halogens is 1. The van der Waals surface area contributed by atoms with Gasteiger partial charge in [0.15, 0.2) is 0 Å². The van der Waals surface area contributed by atoms with Crippen molar-refractivity contribution in [1.82, 2.24) is 9.13 Å². The van der Waals surface area contributed by atoms with Crippen LogP contribution in [0.5, 0.6) is 0 Å². The van der Waals surface area contributed by atoms with E-state index >= 15 is 0 Å². The molecule has 0 bridgehead atoms. The first-order valence-electron chi connectivity index (χ1n) is 7.52. The first-order valence-corrected chi connectivity index (χ1v) is 10.6. The molecular weight excluding hydrogens is 260 g/mol. The number of allylic oxidation sites excluding steroid dienone is 2. The van der Waals surface area contributed by atoms with E-state index in [2.05, 4.69) is 42.1 Å². The van der Waals surface area contributed by atoms with Gasteiger partial charge in [0.05, 0.1) is 0 Å². The van der Waals surface area contributed by atoms with Crippen LogP contribution in [0.2, 0.25) is 6.04 Å². The average molecular weight is 287 g/mol. The summed E-state index contributed by atoms with van der Waals surface area (Å²) >= 11 is 7.20. The third-order valence-corrected chi connectivity index (χ3v) is 10.2. The van der Waals surface area contributed by atoms with Crippen molar-refractivity contribution >= 4 is 18.8 Å². The van der Waals surface area contributed by atoms with Crippen molar-refractivity contribution < 1.29 is 0 Å². The van der Waals surface area contributed by atoms with Gasteiger partial charge in [0.1, 0.15) is 0 Å². The second-order valence-corrected chi connectivity index (χ2v) is 10.3. The van der Waals surface area contributed by atoms with Gasteiger partial charge in [-0.2, -0.15) is 0 Å². The summed E-state index contributed by atoms with van der Waals surface area (Å²) in [7, 11) is -1.94. The molecule has 0 aromatic rings. The van der Waals surface area contributed by atoms with Crippen LogP contribution in [0.15, 0.2) is 12.2 Å². The van der Waals surface area contributed by atoms with Gasteiger partial charge in [0.2, 0.25) is 0 Å². The van der Waals surface area contributed by atoms with Gasteiger partial charge in [-0.25, -0.2) is 0 Å². The second kappa shape index (κ2) is 6.08. The molecule has 18 heavy (non-hydrogen) atoms. The summed E-state index contributed by atoms with van der Waals surface area (Å²) in [6.45, 7) is 8.90. The fourth-order valence-electron chi connectivity index (χ4n) is 3.95. The average Bonchev–Trinajstić information content (AvgIpc) is 2.64. The molecule has 104 valence electrons. The molecule has 1 saturated heterocycles. The van der Waals surface area contributed by atoms with E-state index in [0.717, 1.165) is 31.2 Å². The van der Waals surface area contributed by atoms with Crippen LogP contribution in [0.1, 0.15) is 46.5 Å². The van der Waals surface area contributed by atoms with Crippen LogP contribution in [0.4, 0.5) is 0 Å². The Hall–Kier alpha value is 0.167. The molecule has 2 rings (SSSR count). The lowest BCUT2D eigenvalue weighted by Crippen LogP contribution is -2.55. The summed E-state index contributed by atoms with van der Waals surface area (Å²) in [5.41, 5.74) is 0. The van der Waals surface area contributed by atoms with Crippen molar-refractivity contribution in [1.29, 1.82) is 0 Å². The van der Waals surface area contributed by atoms with Gasteiger partial charge in [-0.3, -0.25) is 9.13 Å². The zero-order valence-corrected chi connectivity index (χ0v) is 13.8. The fraction of sp³-hybridized carbons (Fsp3) is 0.857. The maximum atomic E-state index is 7.20. The molecule has 0 spiro atoms. The van der Waals surface area contributed by atoms with Crippen LogP contribution in [0, 0.1) is 0 Å². The minimum absolute atomic E-state index is 0.734. The van der Waals surface area contributed by atoms with Crippen LogP contribution < -0.4 is 0 Å². The molecule has 1 aliphatic heterocycles. The van der Waals surface area contributed by atoms with Crippen LogP contribution in [-0.4, -0.2) is 42.0 Å². The number of rotatable bonds is 4. The van der Waals surface area contributed by atoms with Gasteiger partial charge in [0.25, 0.3) is 0 Å². The van der Waals surface area contributed by atoms with Crippen LogP contribution in [0.25, 0.3) is 0 Å². The van der Waals surface area contributed by atoms with Gasteiger partial charge in [0, 0.05) is 18.1 Å². The molecule has 0 amide bonds. The summed E-state index contributed by atoms with van der Waals surface area (Å²) in [5, 5.41) is 0. The summed E-state index contributed by atoms with van der Waals surface area (Å²) in [6, 6.07) is 2.54. The Morgan fingerprint density at radius 3 is 2.00 bits per heavy atom. The van der Waals surface area contributed by atoms with Crippen molar-refractivity contribution in [3.8, 4) is 0 Å². The Bertz CT molecular complexity index is 288. The van der Waals surface area contributed by atoms with Crippen molar-refractivity contribution in [3.63, 3.8) is 0 Å². The molecule has 1 saturated carbocycles. The molecule has 0 unspecified atom stereocenters. The number of nitrogens with zero attached hydrogens (tertiary/aromatic N) is 2. The Morgan fingerprint density at radius 1 is 1.11 bits per heavy atom. The molecule has 2 aliphatic rings. The van der Waals surface area contributed by atoms with E-state index in [4.69, 9.17) is 11.1 Å². The summed E-state index contributed by atoms with van der Waals surface area (Å²) < 4.78 is 5.36. The van der Waals surface area contributed by atoms with Crippen molar-refractivity contribution in [2.75, 3.05) is 13.1 Å². The predicted molar refractivity (Wildman–Crippen MR) is 82.0 cm³/mol. The smallest absolute Gasteiger partial charge is 0.295 e. The summed E-state index contributed by atoms with van der Waals surface area (Å²) in [5.74, 6) is 0. The van der Waals surface area contributed by atoms with E-state index in [1.807, 2.05) is 0 Å². The quantitative estimate of drug-likeness (QED) is 0.442. The number of fused-ring (bicyclic) bond motifs is 1. The fourth-order valence-corrected chi connectivity index (χ4v) is 9.61. The Morgan fingerprint density at radius 2 is 1.61 bits per heavy atom. The van der Waals surface area contributed by atoms with E-state index in [1.54, 1.807) is 0 Å². The Labute approximate surface area is 118 Å². The molecule has 1 aliphatic carbocycles. The molecule has 0 aromatic heterocycles. The van der Waals surface area contributed by atoms with Crippen LogP contribution >= 0.6 is 11.1 Å². The Kier molecular flexibility index (Phi) is 4.92. The topological polar surface area (TPSA) is 6.48 Å². The maximum absolute atomic E-state index is 7.20. The third-order valence-electron chi connectivity index (χ3n) is 4.67. The maximum Gasteiger partial charge on any atom is 0.311 e. The Balaban J connectivity index is 2.28. The highest BCUT2D eigenvalue weighted by Crippen LogP contribution is 2.43. The molecule has 2 fully saturated rings. The normalized spacial score (nSPS) is 33.1. The lowest BCUT2D eigenvalue weighted by Gasteiger charge is -2.35. The molecule has 2 nitrogen and oxygen atoms in total. The highest BCUT2D eigenvalue weighted by molar-refractivity contribution is 7.17. The van der Waals surface area contributed by atoms with E-state index < -0.39 is 7.71 Å². The van der Waals surface area contributed by atoms with Gasteiger partial charge in [-0.1, -0.05) is 38.8 Å².